The van der Waals surface area contributed by atoms with Crippen molar-refractivity contribution in [2.24, 2.45) is 5.41 Å². The third kappa shape index (κ3) is 9.79. The molecule has 0 unspecified atom stereocenters. The van der Waals surface area contributed by atoms with Gasteiger partial charge >= 0.3 is 0 Å². The first kappa shape index (κ1) is 15.9. The van der Waals surface area contributed by atoms with Crippen LogP contribution in [-0.4, -0.2) is 39.3 Å². The van der Waals surface area contributed by atoms with E-state index in [4.69, 9.17) is 10.00 Å². The van der Waals surface area contributed by atoms with Gasteiger partial charge in [0.25, 0.3) is 0 Å². The van der Waals surface area contributed by atoms with Crippen LogP contribution < -0.4 is 10.6 Å². The number of hydrogen-bond donors (Lipinski definition) is 2. The van der Waals surface area contributed by atoms with Crippen molar-refractivity contribution in [2.45, 2.75) is 26.7 Å². The molecule has 0 radical (unpaired) electrons. The van der Waals surface area contributed by atoms with Crippen molar-refractivity contribution in [3.05, 3.63) is 0 Å². The van der Waals surface area contributed by atoms with Crippen molar-refractivity contribution >= 4 is 5.91 Å². The summed E-state index contributed by atoms with van der Waals surface area (Å²) in [5.74, 6) is 0.0223. The van der Waals surface area contributed by atoms with Crippen LogP contribution in [0.1, 0.15) is 26.7 Å². The Morgan fingerprint density at radius 1 is 1.35 bits per heavy atom. The fraction of sp³-hybridized carbons (Fsp3) is 0.833. The minimum atomic E-state index is -0.298. The van der Waals surface area contributed by atoms with Crippen LogP contribution in [-0.2, 0) is 9.53 Å². The highest BCUT2D eigenvalue weighted by atomic mass is 16.5. The Bertz CT molecular complexity index is 259. The van der Waals surface area contributed by atoms with Crippen molar-refractivity contribution in [1.82, 2.24) is 10.6 Å². The third-order valence-corrected chi connectivity index (χ3v) is 2.39. The summed E-state index contributed by atoms with van der Waals surface area (Å²) < 4.78 is 4.82. The first-order chi connectivity index (χ1) is 8.02. The largest absolute Gasteiger partial charge is 0.383 e. The summed E-state index contributed by atoms with van der Waals surface area (Å²) in [5, 5.41) is 14.7. The molecule has 1 amide bonds. The van der Waals surface area contributed by atoms with Gasteiger partial charge in [0.15, 0.2) is 0 Å². The molecular formula is C12H23N3O2. The van der Waals surface area contributed by atoms with E-state index in [1.807, 2.05) is 13.8 Å². The minimum Gasteiger partial charge on any atom is -0.383 e. The summed E-state index contributed by atoms with van der Waals surface area (Å²) in [4.78, 5) is 11.3. The lowest BCUT2D eigenvalue weighted by molar-refractivity contribution is -0.121. The van der Waals surface area contributed by atoms with Crippen molar-refractivity contribution in [3.8, 4) is 6.07 Å². The van der Waals surface area contributed by atoms with Crippen molar-refractivity contribution < 1.29 is 9.53 Å². The molecule has 5 heteroatoms. The van der Waals surface area contributed by atoms with E-state index in [1.54, 1.807) is 7.11 Å². The summed E-state index contributed by atoms with van der Waals surface area (Å²) in [6.07, 6.45) is 1.24. The molecule has 0 heterocycles. The van der Waals surface area contributed by atoms with Gasteiger partial charge in [-0.25, -0.2) is 0 Å². The van der Waals surface area contributed by atoms with Crippen LogP contribution >= 0.6 is 0 Å². The van der Waals surface area contributed by atoms with Crippen LogP contribution in [0.25, 0.3) is 0 Å². The fourth-order valence-electron chi connectivity index (χ4n) is 1.16. The molecule has 0 bridgehead atoms. The predicted octanol–water partition coefficient (Wildman–Crippen LogP) is 0.669. The molecule has 0 aromatic carbocycles. The van der Waals surface area contributed by atoms with Crippen LogP contribution in [0.4, 0.5) is 0 Å². The molecule has 0 aliphatic rings. The normalized spacial score (nSPS) is 10.9. The smallest absolute Gasteiger partial charge is 0.221 e. The number of rotatable bonds is 9. The second-order valence-electron chi connectivity index (χ2n) is 4.59. The number of nitriles is 1. The zero-order valence-corrected chi connectivity index (χ0v) is 11.0. The molecule has 98 valence electrons. The number of amides is 1. The highest BCUT2D eigenvalue weighted by Gasteiger charge is 2.15. The number of carbonyl (C=O) groups excluding carboxylic acids is 1. The Kier molecular flexibility index (Phi) is 8.38. The third-order valence-electron chi connectivity index (χ3n) is 2.39. The summed E-state index contributed by atoms with van der Waals surface area (Å²) >= 11 is 0. The number of nitrogens with one attached hydrogen (secondary N) is 2. The lowest BCUT2D eigenvalue weighted by atomic mass is 9.91. The Hall–Kier alpha value is -1.12. The van der Waals surface area contributed by atoms with Gasteiger partial charge in [-0.15, -0.1) is 0 Å². The van der Waals surface area contributed by atoms with Crippen molar-refractivity contribution in [1.29, 1.82) is 5.26 Å². The lowest BCUT2D eigenvalue weighted by Crippen LogP contribution is -2.31. The monoisotopic (exact) mass is 241 g/mol. The summed E-state index contributed by atoms with van der Waals surface area (Å²) in [6.45, 7) is 6.30. The summed E-state index contributed by atoms with van der Waals surface area (Å²) in [7, 11) is 1.60. The number of carbonyl (C=O) groups is 1. The molecule has 0 fully saturated rings. The van der Waals surface area contributed by atoms with E-state index in [0.29, 0.717) is 26.1 Å². The predicted molar refractivity (Wildman–Crippen MR) is 66.4 cm³/mol. The highest BCUT2D eigenvalue weighted by Crippen LogP contribution is 2.16. The first-order valence-electron chi connectivity index (χ1n) is 5.89. The number of ether oxygens (including phenoxy) is 1. The number of hydrogen-bond acceptors (Lipinski definition) is 4. The zero-order valence-electron chi connectivity index (χ0n) is 11.0. The summed E-state index contributed by atoms with van der Waals surface area (Å²) in [6, 6.07) is 2.24. The maximum Gasteiger partial charge on any atom is 0.221 e. The second kappa shape index (κ2) is 8.97. The van der Waals surface area contributed by atoms with E-state index < -0.39 is 0 Å². The molecule has 0 aliphatic carbocycles. The maximum atomic E-state index is 11.3. The van der Waals surface area contributed by atoms with Gasteiger partial charge in [0, 0.05) is 26.6 Å². The Morgan fingerprint density at radius 3 is 2.65 bits per heavy atom. The lowest BCUT2D eigenvalue weighted by Gasteiger charge is -2.14. The van der Waals surface area contributed by atoms with Crippen LogP contribution in [0.2, 0.25) is 0 Å². The molecule has 2 N–H and O–H groups in total. The van der Waals surface area contributed by atoms with E-state index >= 15 is 0 Å². The Labute approximate surface area is 104 Å². The van der Waals surface area contributed by atoms with E-state index in [1.165, 1.54) is 0 Å². The molecule has 0 saturated heterocycles. The van der Waals surface area contributed by atoms with Crippen molar-refractivity contribution in [2.75, 3.05) is 33.4 Å². The van der Waals surface area contributed by atoms with Gasteiger partial charge in [0.2, 0.25) is 5.91 Å². The van der Waals surface area contributed by atoms with Gasteiger partial charge in [-0.05, 0) is 26.8 Å². The Balaban J connectivity index is 3.40. The van der Waals surface area contributed by atoms with Crippen LogP contribution in [0.5, 0.6) is 0 Å². The van der Waals surface area contributed by atoms with E-state index in [-0.39, 0.29) is 11.3 Å². The molecule has 0 rings (SSSR count). The fourth-order valence-corrected chi connectivity index (χ4v) is 1.16. The number of methoxy groups -OCH3 is 1. The minimum absolute atomic E-state index is 0.0223. The Morgan fingerprint density at radius 2 is 2.06 bits per heavy atom. The molecule has 5 nitrogen and oxygen atoms in total. The maximum absolute atomic E-state index is 11.3. The van der Waals surface area contributed by atoms with Gasteiger partial charge in [0.1, 0.15) is 0 Å². The van der Waals surface area contributed by atoms with Gasteiger partial charge in [-0.2, -0.15) is 5.26 Å². The van der Waals surface area contributed by atoms with Crippen LogP contribution in [0.3, 0.4) is 0 Å². The molecular weight excluding hydrogens is 218 g/mol. The number of nitrogens with zero attached hydrogens (tertiary/aromatic N) is 1. The highest BCUT2D eigenvalue weighted by molar-refractivity contribution is 5.75. The summed E-state index contributed by atoms with van der Waals surface area (Å²) in [5.41, 5.74) is -0.298. The standard InChI is InChI=1S/C12H23N3O2/c1-12(2,10-13)5-7-14-6-4-11(16)15-8-9-17-3/h14H,4-9H2,1-3H3,(H,15,16). The molecule has 0 aliphatic heterocycles. The van der Waals surface area contributed by atoms with Gasteiger partial charge in [-0.3, -0.25) is 4.79 Å². The molecule has 17 heavy (non-hydrogen) atoms. The topological polar surface area (TPSA) is 74.2 Å². The molecule has 0 aromatic rings. The second-order valence-corrected chi connectivity index (χ2v) is 4.59. The van der Waals surface area contributed by atoms with Gasteiger partial charge in [-0.1, -0.05) is 0 Å². The van der Waals surface area contributed by atoms with Gasteiger partial charge < -0.3 is 15.4 Å². The quantitative estimate of drug-likeness (QED) is 0.582. The zero-order chi connectivity index (χ0) is 13.1. The SMILES string of the molecule is COCCNC(=O)CCNCCC(C)(C)C#N. The van der Waals surface area contributed by atoms with E-state index in [0.717, 1.165) is 13.0 Å². The van der Waals surface area contributed by atoms with Crippen LogP contribution in [0.15, 0.2) is 0 Å². The van der Waals surface area contributed by atoms with E-state index in [2.05, 4.69) is 16.7 Å². The van der Waals surface area contributed by atoms with E-state index in [9.17, 15) is 4.79 Å². The molecule has 0 saturated carbocycles. The first-order valence-corrected chi connectivity index (χ1v) is 5.89. The van der Waals surface area contributed by atoms with Crippen molar-refractivity contribution in [3.63, 3.8) is 0 Å². The average molecular weight is 241 g/mol. The van der Waals surface area contributed by atoms with Crippen LogP contribution in [0, 0.1) is 16.7 Å². The molecule has 0 aromatic heterocycles. The molecule has 0 atom stereocenters. The average Bonchev–Trinajstić information content (AvgIpc) is 2.29. The molecule has 0 spiro atoms. The van der Waals surface area contributed by atoms with Gasteiger partial charge in [0.05, 0.1) is 18.1 Å².